The molecule has 0 spiro atoms. The Morgan fingerprint density at radius 1 is 0.966 bits per heavy atom. The zero-order chi connectivity index (χ0) is 21.7. The SMILES string of the molecule is CC(=O)O[C@@H]1[C@H](OC(C)=O)[C@H]2[C@H](C)C[C@H]3OC(=O)[C@H](C)[C@H]3C[C@]2(C)[C@H]1OC(C)=O. The fourth-order valence-corrected chi connectivity index (χ4v) is 5.97. The quantitative estimate of drug-likeness (QED) is 0.514. The molecule has 8 nitrogen and oxygen atoms in total. The van der Waals surface area contributed by atoms with Gasteiger partial charge in [-0.3, -0.25) is 19.2 Å². The second-order valence-corrected chi connectivity index (χ2v) is 9.05. The summed E-state index contributed by atoms with van der Waals surface area (Å²) < 4.78 is 22.5. The molecule has 0 N–H and O–H groups in total. The first-order valence-corrected chi connectivity index (χ1v) is 10.2. The summed E-state index contributed by atoms with van der Waals surface area (Å²) in [5.74, 6) is -2.32. The largest absolute Gasteiger partial charge is 0.462 e. The van der Waals surface area contributed by atoms with Crippen molar-refractivity contribution in [1.82, 2.24) is 0 Å². The maximum atomic E-state index is 12.2. The first-order chi connectivity index (χ1) is 13.5. The molecule has 0 amide bonds. The summed E-state index contributed by atoms with van der Waals surface area (Å²) in [7, 11) is 0. The van der Waals surface area contributed by atoms with Crippen molar-refractivity contribution in [2.24, 2.45) is 29.1 Å². The third-order valence-electron chi connectivity index (χ3n) is 6.94. The van der Waals surface area contributed by atoms with Crippen LogP contribution in [0, 0.1) is 29.1 Å². The van der Waals surface area contributed by atoms with Gasteiger partial charge >= 0.3 is 23.9 Å². The Bertz CT molecular complexity index is 717. The van der Waals surface area contributed by atoms with E-state index in [1.54, 1.807) is 0 Å². The van der Waals surface area contributed by atoms with Gasteiger partial charge in [0.1, 0.15) is 18.3 Å². The topological polar surface area (TPSA) is 105 Å². The van der Waals surface area contributed by atoms with Gasteiger partial charge in [-0.05, 0) is 18.8 Å². The molecule has 8 heteroatoms. The molecule has 9 atom stereocenters. The number of carbonyl (C=O) groups excluding carboxylic acids is 4. The molecule has 3 aliphatic rings. The van der Waals surface area contributed by atoms with Crippen LogP contribution < -0.4 is 0 Å². The Balaban J connectivity index is 2.09. The van der Waals surface area contributed by atoms with E-state index in [9.17, 15) is 19.2 Å². The highest BCUT2D eigenvalue weighted by molar-refractivity contribution is 5.75. The summed E-state index contributed by atoms with van der Waals surface area (Å²) in [5, 5.41) is 0. The van der Waals surface area contributed by atoms with Gasteiger partial charge in [0.15, 0.2) is 6.10 Å². The van der Waals surface area contributed by atoms with Crippen molar-refractivity contribution in [2.45, 2.75) is 78.8 Å². The lowest BCUT2D eigenvalue weighted by atomic mass is 9.68. The van der Waals surface area contributed by atoms with Gasteiger partial charge in [-0.2, -0.15) is 0 Å². The summed E-state index contributed by atoms with van der Waals surface area (Å²) in [5.41, 5.74) is -0.660. The second kappa shape index (κ2) is 7.61. The van der Waals surface area contributed by atoms with Gasteiger partial charge in [-0.15, -0.1) is 0 Å². The molecule has 0 radical (unpaired) electrons. The van der Waals surface area contributed by atoms with Crippen molar-refractivity contribution in [3.63, 3.8) is 0 Å². The Morgan fingerprint density at radius 3 is 2.07 bits per heavy atom. The lowest BCUT2D eigenvalue weighted by Gasteiger charge is -2.38. The third kappa shape index (κ3) is 3.73. The third-order valence-corrected chi connectivity index (χ3v) is 6.94. The molecule has 0 bridgehead atoms. The van der Waals surface area contributed by atoms with Crippen LogP contribution in [0.15, 0.2) is 0 Å². The average Bonchev–Trinajstić information content (AvgIpc) is 2.89. The van der Waals surface area contributed by atoms with Crippen molar-refractivity contribution in [3.8, 4) is 0 Å². The molecule has 1 aliphatic heterocycles. The predicted molar refractivity (Wildman–Crippen MR) is 99.2 cm³/mol. The number of fused-ring (bicyclic) bond motifs is 2. The van der Waals surface area contributed by atoms with E-state index in [0.717, 1.165) is 0 Å². The van der Waals surface area contributed by atoms with E-state index < -0.39 is 41.6 Å². The van der Waals surface area contributed by atoms with Gasteiger partial charge < -0.3 is 18.9 Å². The van der Waals surface area contributed by atoms with E-state index in [1.807, 2.05) is 20.8 Å². The smallest absolute Gasteiger partial charge is 0.309 e. The van der Waals surface area contributed by atoms with Crippen LogP contribution in [0.5, 0.6) is 0 Å². The Morgan fingerprint density at radius 2 is 1.52 bits per heavy atom. The van der Waals surface area contributed by atoms with Crippen molar-refractivity contribution in [3.05, 3.63) is 0 Å². The highest BCUT2D eigenvalue weighted by Crippen LogP contribution is 2.59. The highest BCUT2D eigenvalue weighted by Gasteiger charge is 2.67. The lowest BCUT2D eigenvalue weighted by Crippen LogP contribution is -2.43. The zero-order valence-electron chi connectivity index (χ0n) is 17.8. The second-order valence-electron chi connectivity index (χ2n) is 9.05. The molecule has 0 aromatic heterocycles. The van der Waals surface area contributed by atoms with Crippen molar-refractivity contribution in [1.29, 1.82) is 0 Å². The number of carbonyl (C=O) groups is 4. The number of esters is 4. The van der Waals surface area contributed by atoms with E-state index in [4.69, 9.17) is 18.9 Å². The molecule has 3 fully saturated rings. The van der Waals surface area contributed by atoms with Crippen molar-refractivity contribution in [2.75, 3.05) is 0 Å². The van der Waals surface area contributed by atoms with E-state index in [1.165, 1.54) is 20.8 Å². The van der Waals surface area contributed by atoms with Gasteiger partial charge in [-0.1, -0.05) is 20.8 Å². The monoisotopic (exact) mass is 410 g/mol. The number of ether oxygens (including phenoxy) is 4. The molecule has 0 aromatic carbocycles. The average molecular weight is 410 g/mol. The summed E-state index contributed by atoms with van der Waals surface area (Å²) in [6.07, 6.45) is -1.51. The molecule has 162 valence electrons. The molecule has 1 saturated heterocycles. The summed E-state index contributed by atoms with van der Waals surface area (Å²) in [4.78, 5) is 47.8. The van der Waals surface area contributed by atoms with E-state index in [2.05, 4.69) is 0 Å². The molecular weight excluding hydrogens is 380 g/mol. The Hall–Kier alpha value is -2.12. The number of rotatable bonds is 3. The minimum absolute atomic E-state index is 0.0175. The minimum atomic E-state index is -0.900. The first-order valence-electron chi connectivity index (χ1n) is 10.2. The molecule has 2 aliphatic carbocycles. The molecular formula is C21H30O8. The molecule has 0 unspecified atom stereocenters. The van der Waals surface area contributed by atoms with Crippen molar-refractivity contribution >= 4 is 23.9 Å². The highest BCUT2D eigenvalue weighted by atomic mass is 16.6. The Labute approximate surface area is 170 Å². The molecule has 3 rings (SSSR count). The molecule has 1 heterocycles. The normalized spacial score (nSPS) is 43.4. The van der Waals surface area contributed by atoms with Crippen LogP contribution in [0.1, 0.15) is 54.4 Å². The van der Waals surface area contributed by atoms with Gasteiger partial charge in [0.2, 0.25) is 0 Å². The molecule has 0 aromatic rings. The molecule has 2 saturated carbocycles. The summed E-state index contributed by atoms with van der Waals surface area (Å²) in [6, 6.07) is 0. The van der Waals surface area contributed by atoms with Gasteiger partial charge in [0.25, 0.3) is 0 Å². The van der Waals surface area contributed by atoms with Crippen LogP contribution in [-0.2, 0) is 38.1 Å². The van der Waals surface area contributed by atoms with Crippen LogP contribution in [0.3, 0.4) is 0 Å². The Kier molecular flexibility index (Phi) is 5.66. The van der Waals surface area contributed by atoms with E-state index in [-0.39, 0.29) is 35.7 Å². The van der Waals surface area contributed by atoms with Crippen LogP contribution in [0.4, 0.5) is 0 Å². The van der Waals surface area contributed by atoms with Gasteiger partial charge in [0, 0.05) is 38.0 Å². The summed E-state index contributed by atoms with van der Waals surface area (Å²) in [6.45, 7) is 9.72. The fraction of sp³-hybridized carbons (Fsp3) is 0.810. The van der Waals surface area contributed by atoms with Crippen LogP contribution in [0.2, 0.25) is 0 Å². The fourth-order valence-electron chi connectivity index (χ4n) is 5.97. The van der Waals surface area contributed by atoms with Crippen molar-refractivity contribution < 1.29 is 38.1 Å². The lowest BCUT2D eigenvalue weighted by molar-refractivity contribution is -0.178. The van der Waals surface area contributed by atoms with E-state index >= 15 is 0 Å². The predicted octanol–water partition coefficient (Wildman–Crippen LogP) is 2.03. The zero-order valence-corrected chi connectivity index (χ0v) is 17.8. The van der Waals surface area contributed by atoms with Crippen LogP contribution in [0.25, 0.3) is 0 Å². The van der Waals surface area contributed by atoms with Gasteiger partial charge in [0.05, 0.1) is 5.92 Å². The number of hydrogen-bond donors (Lipinski definition) is 0. The van der Waals surface area contributed by atoms with Gasteiger partial charge in [-0.25, -0.2) is 0 Å². The maximum Gasteiger partial charge on any atom is 0.309 e. The van der Waals surface area contributed by atoms with Crippen LogP contribution >= 0.6 is 0 Å². The maximum absolute atomic E-state index is 12.2. The van der Waals surface area contributed by atoms with Crippen LogP contribution in [-0.4, -0.2) is 48.3 Å². The number of hydrogen-bond acceptors (Lipinski definition) is 8. The standard InChI is InChI=1S/C21H30O8/c1-9-7-15-14(10(2)20(25)29-15)8-21(6)16(9)17(26-11(3)22)18(27-12(4)23)19(21)28-13(5)24/h9-10,14-19H,7-8H2,1-6H3/t9-,10-,14-,15-,16-,17-,18-,19+,21+/m1/s1. The first kappa shape index (κ1) is 21.6. The summed E-state index contributed by atoms with van der Waals surface area (Å²) >= 11 is 0. The molecule has 29 heavy (non-hydrogen) atoms. The van der Waals surface area contributed by atoms with E-state index in [0.29, 0.717) is 12.8 Å². The minimum Gasteiger partial charge on any atom is -0.462 e.